The number of hydrogen-bond donors (Lipinski definition) is 1. The maximum atomic E-state index is 12.9. The van der Waals surface area contributed by atoms with Crippen molar-refractivity contribution < 1.29 is 23.9 Å². The Morgan fingerprint density at radius 1 is 1.09 bits per heavy atom. The van der Waals surface area contributed by atoms with Crippen molar-refractivity contribution in [3.63, 3.8) is 0 Å². The molecule has 9 heteroatoms. The van der Waals surface area contributed by atoms with Crippen LogP contribution in [0.2, 0.25) is 10.0 Å². The molecule has 0 aromatic heterocycles. The fourth-order valence-electron chi connectivity index (χ4n) is 4.14. The first-order chi connectivity index (χ1) is 15.8. The molecule has 2 aliphatic rings. The van der Waals surface area contributed by atoms with Crippen LogP contribution in [0.5, 0.6) is 0 Å². The summed E-state index contributed by atoms with van der Waals surface area (Å²) in [6.45, 7) is 1.40. The zero-order chi connectivity index (χ0) is 23.7. The monoisotopic (exact) mass is 486 g/mol. The summed E-state index contributed by atoms with van der Waals surface area (Å²) in [5.74, 6) is -2.48. The average molecular weight is 487 g/mol. The van der Waals surface area contributed by atoms with E-state index in [2.05, 4.69) is 5.32 Å². The molecule has 1 aliphatic heterocycles. The van der Waals surface area contributed by atoms with E-state index < -0.39 is 18.5 Å². The molecule has 1 heterocycles. The number of imide groups is 1. The molecule has 2 aromatic rings. The molecule has 1 saturated heterocycles. The topological polar surface area (TPSA) is 92.8 Å². The van der Waals surface area contributed by atoms with Gasteiger partial charge in [0, 0.05) is 5.02 Å². The van der Waals surface area contributed by atoms with Crippen molar-refractivity contribution in [3.8, 4) is 0 Å². The number of halogens is 2. The van der Waals surface area contributed by atoms with Gasteiger partial charge in [0.2, 0.25) is 11.8 Å². The lowest BCUT2D eigenvalue weighted by Crippen LogP contribution is -2.31. The molecule has 0 saturated carbocycles. The third kappa shape index (κ3) is 4.65. The van der Waals surface area contributed by atoms with Gasteiger partial charge in [0.05, 0.1) is 33.8 Å². The second-order valence-electron chi connectivity index (χ2n) is 7.96. The van der Waals surface area contributed by atoms with Crippen molar-refractivity contribution in [2.45, 2.75) is 13.3 Å². The molecule has 2 aromatic carbocycles. The number of rotatable bonds is 5. The van der Waals surface area contributed by atoms with Gasteiger partial charge in [-0.15, -0.1) is 0 Å². The first kappa shape index (κ1) is 23.0. The van der Waals surface area contributed by atoms with Gasteiger partial charge >= 0.3 is 5.97 Å². The van der Waals surface area contributed by atoms with Crippen molar-refractivity contribution in [2.24, 2.45) is 17.8 Å². The molecule has 0 spiro atoms. The van der Waals surface area contributed by atoms with E-state index in [0.717, 1.165) is 0 Å². The van der Waals surface area contributed by atoms with E-state index in [1.54, 1.807) is 6.07 Å². The Bertz CT molecular complexity index is 1160. The van der Waals surface area contributed by atoms with Crippen molar-refractivity contribution in [3.05, 3.63) is 70.2 Å². The second kappa shape index (κ2) is 9.37. The van der Waals surface area contributed by atoms with Crippen molar-refractivity contribution in [1.82, 2.24) is 0 Å². The molecule has 3 amide bonds. The minimum atomic E-state index is -0.723. The van der Waals surface area contributed by atoms with E-state index in [-0.39, 0.29) is 35.1 Å². The van der Waals surface area contributed by atoms with Crippen LogP contribution >= 0.6 is 23.2 Å². The van der Waals surface area contributed by atoms with Crippen LogP contribution in [0.1, 0.15) is 23.7 Å². The standard InChI is InChI=1S/C24H20Cl2N2O5/c1-13-3-2-4-17-21(13)23(31)28(22(17)30)16-8-5-14(6-9-16)24(32)33-12-20(29)27-19-11-15(25)7-10-18(19)26/h2-3,5-11,13,17,21H,4,12H2,1H3,(H,27,29)/t13-,17-,21-/m1/s1. The van der Waals surface area contributed by atoms with Gasteiger partial charge in [0.15, 0.2) is 6.61 Å². The Hall–Kier alpha value is -3.16. The minimum absolute atomic E-state index is 0.00705. The number of carbonyl (C=O) groups excluding carboxylic acids is 4. The largest absolute Gasteiger partial charge is 0.452 e. The van der Waals surface area contributed by atoms with Crippen LogP contribution in [0.3, 0.4) is 0 Å². The maximum absolute atomic E-state index is 12.9. The van der Waals surface area contributed by atoms with E-state index in [1.165, 1.54) is 41.3 Å². The van der Waals surface area contributed by atoms with Gasteiger partial charge in [-0.2, -0.15) is 0 Å². The Morgan fingerprint density at radius 3 is 2.52 bits per heavy atom. The lowest BCUT2D eigenvalue weighted by Gasteiger charge is -2.22. The summed E-state index contributed by atoms with van der Waals surface area (Å²) < 4.78 is 5.05. The number of nitrogens with zero attached hydrogens (tertiary/aromatic N) is 1. The van der Waals surface area contributed by atoms with Crippen molar-refractivity contribution in [1.29, 1.82) is 0 Å². The molecule has 1 N–H and O–H groups in total. The molecule has 3 atom stereocenters. The van der Waals surface area contributed by atoms with Gasteiger partial charge in [0.25, 0.3) is 5.91 Å². The van der Waals surface area contributed by atoms with Crippen LogP contribution in [0.15, 0.2) is 54.6 Å². The highest BCUT2D eigenvalue weighted by Gasteiger charge is 2.50. The van der Waals surface area contributed by atoms with Crippen molar-refractivity contribution >= 4 is 58.3 Å². The smallest absolute Gasteiger partial charge is 0.338 e. The number of allylic oxidation sites excluding steroid dienone is 2. The first-order valence-corrected chi connectivity index (χ1v) is 11.1. The zero-order valence-electron chi connectivity index (χ0n) is 17.6. The van der Waals surface area contributed by atoms with Crippen LogP contribution in [0.4, 0.5) is 11.4 Å². The number of esters is 1. The Morgan fingerprint density at radius 2 is 1.82 bits per heavy atom. The van der Waals surface area contributed by atoms with Crippen LogP contribution < -0.4 is 10.2 Å². The Kier molecular flexibility index (Phi) is 6.54. The summed E-state index contributed by atoms with van der Waals surface area (Å²) >= 11 is 11.9. The number of ether oxygens (including phenoxy) is 1. The lowest BCUT2D eigenvalue weighted by atomic mass is 9.78. The molecule has 4 rings (SSSR count). The normalized spacial score (nSPS) is 21.7. The quantitative estimate of drug-likeness (QED) is 0.381. The third-order valence-electron chi connectivity index (χ3n) is 5.77. The average Bonchev–Trinajstić information content (AvgIpc) is 3.05. The SMILES string of the molecule is C[C@@H]1C=CC[C@H]2C(=O)N(c3ccc(C(=O)OCC(=O)Nc4cc(Cl)ccc4Cl)cc3)C(=O)[C@H]12. The number of amides is 3. The number of carbonyl (C=O) groups is 4. The highest BCUT2D eigenvalue weighted by molar-refractivity contribution is 6.35. The summed E-state index contributed by atoms with van der Waals surface area (Å²) in [4.78, 5) is 51.3. The molecule has 33 heavy (non-hydrogen) atoms. The predicted molar refractivity (Wildman–Crippen MR) is 124 cm³/mol. The van der Waals surface area contributed by atoms with Gasteiger partial charge in [-0.25, -0.2) is 4.79 Å². The summed E-state index contributed by atoms with van der Waals surface area (Å²) in [5, 5.41) is 3.21. The van der Waals surface area contributed by atoms with Crippen LogP contribution in [0.25, 0.3) is 0 Å². The van der Waals surface area contributed by atoms with Gasteiger partial charge in [0.1, 0.15) is 0 Å². The van der Waals surface area contributed by atoms with Gasteiger partial charge < -0.3 is 10.1 Å². The van der Waals surface area contributed by atoms with Gasteiger partial charge in [-0.05, 0) is 54.8 Å². The van der Waals surface area contributed by atoms with E-state index in [1.807, 2.05) is 19.1 Å². The third-order valence-corrected chi connectivity index (χ3v) is 6.34. The molecule has 0 bridgehead atoms. The van der Waals surface area contributed by atoms with Crippen LogP contribution in [-0.4, -0.2) is 30.3 Å². The summed E-state index contributed by atoms with van der Waals surface area (Å²) in [5.41, 5.74) is 0.884. The fraction of sp³-hybridized carbons (Fsp3) is 0.250. The lowest BCUT2D eigenvalue weighted by molar-refractivity contribution is -0.123. The first-order valence-electron chi connectivity index (χ1n) is 10.3. The molecular formula is C24H20Cl2N2O5. The Balaban J connectivity index is 1.38. The number of nitrogens with one attached hydrogen (secondary N) is 1. The molecule has 0 unspecified atom stereocenters. The molecular weight excluding hydrogens is 467 g/mol. The second-order valence-corrected chi connectivity index (χ2v) is 8.81. The van der Waals surface area contributed by atoms with Gasteiger partial charge in [-0.1, -0.05) is 42.3 Å². The molecule has 170 valence electrons. The predicted octanol–water partition coefficient (Wildman–Crippen LogP) is 4.49. The number of fused-ring (bicyclic) bond motifs is 1. The van der Waals surface area contributed by atoms with Crippen molar-refractivity contribution in [2.75, 3.05) is 16.8 Å². The molecule has 7 nitrogen and oxygen atoms in total. The minimum Gasteiger partial charge on any atom is -0.452 e. The van der Waals surface area contributed by atoms with E-state index >= 15 is 0 Å². The van der Waals surface area contributed by atoms with E-state index in [0.29, 0.717) is 27.8 Å². The zero-order valence-corrected chi connectivity index (χ0v) is 19.1. The number of hydrogen-bond acceptors (Lipinski definition) is 5. The highest BCUT2D eigenvalue weighted by Crippen LogP contribution is 2.40. The Labute approximate surface area is 200 Å². The summed E-state index contributed by atoms with van der Waals surface area (Å²) in [7, 11) is 0. The highest BCUT2D eigenvalue weighted by atomic mass is 35.5. The maximum Gasteiger partial charge on any atom is 0.338 e. The van der Waals surface area contributed by atoms with Gasteiger partial charge in [-0.3, -0.25) is 19.3 Å². The fourth-order valence-corrected chi connectivity index (χ4v) is 4.48. The summed E-state index contributed by atoms with van der Waals surface area (Å²) in [6, 6.07) is 10.5. The molecule has 1 fully saturated rings. The van der Waals surface area contributed by atoms with E-state index in [9.17, 15) is 19.2 Å². The van der Waals surface area contributed by atoms with Crippen LogP contribution in [-0.2, 0) is 19.1 Å². The number of anilines is 2. The van der Waals surface area contributed by atoms with Crippen LogP contribution in [0, 0.1) is 17.8 Å². The van der Waals surface area contributed by atoms with E-state index in [4.69, 9.17) is 27.9 Å². The molecule has 0 radical (unpaired) electrons. The number of benzene rings is 2. The molecule has 1 aliphatic carbocycles. The summed E-state index contributed by atoms with van der Waals surface area (Å²) in [6.07, 6.45) is 4.45.